The van der Waals surface area contributed by atoms with Crippen LogP contribution in [0.2, 0.25) is 0 Å². The van der Waals surface area contributed by atoms with Gasteiger partial charge in [0, 0.05) is 29.5 Å². The van der Waals surface area contributed by atoms with Crippen molar-refractivity contribution in [3.05, 3.63) is 114 Å². The van der Waals surface area contributed by atoms with Gasteiger partial charge in [-0.15, -0.1) is 0 Å². The Morgan fingerprint density at radius 1 is 0.839 bits per heavy atom. The number of aromatic nitrogens is 2. The van der Waals surface area contributed by atoms with Crippen molar-refractivity contribution in [1.82, 2.24) is 14.9 Å². The highest BCUT2D eigenvalue weighted by Crippen LogP contribution is 2.42. The highest BCUT2D eigenvalue weighted by molar-refractivity contribution is 7.80. The van der Waals surface area contributed by atoms with E-state index in [0.29, 0.717) is 5.11 Å². The number of anilines is 1. The molecular weight excluding hydrogens is 400 g/mol. The van der Waals surface area contributed by atoms with Gasteiger partial charge in [0.05, 0.1) is 11.7 Å². The van der Waals surface area contributed by atoms with E-state index in [4.69, 9.17) is 12.2 Å². The molecule has 2 unspecified atom stereocenters. The fourth-order valence-electron chi connectivity index (χ4n) is 4.27. The van der Waals surface area contributed by atoms with Gasteiger partial charge in [-0.1, -0.05) is 30.3 Å². The minimum absolute atomic E-state index is 0.0419. The van der Waals surface area contributed by atoms with Crippen molar-refractivity contribution in [3.63, 3.8) is 0 Å². The third-order valence-corrected chi connectivity index (χ3v) is 6.30. The molecule has 1 aliphatic rings. The molecule has 2 aromatic heterocycles. The van der Waals surface area contributed by atoms with Crippen LogP contribution in [-0.4, -0.2) is 14.7 Å². The summed E-state index contributed by atoms with van der Waals surface area (Å²) in [6, 6.07) is 27.1. The summed E-state index contributed by atoms with van der Waals surface area (Å²) in [7, 11) is 0. The zero-order valence-corrected chi connectivity index (χ0v) is 18.4. The molecule has 0 aliphatic carbocycles. The first-order valence-corrected chi connectivity index (χ1v) is 10.8. The Bertz CT molecular complexity index is 1220. The van der Waals surface area contributed by atoms with Gasteiger partial charge in [-0.3, -0.25) is 4.98 Å². The number of nitrogens with one attached hydrogen (secondary N) is 1. The topological polar surface area (TPSA) is 33.1 Å². The highest BCUT2D eigenvalue weighted by atomic mass is 32.1. The number of pyridine rings is 1. The number of para-hydroxylation sites is 1. The Morgan fingerprint density at radius 2 is 1.65 bits per heavy atom. The Hall–Kier alpha value is -3.44. The lowest BCUT2D eigenvalue weighted by molar-refractivity contribution is 0.549. The average molecular weight is 425 g/mol. The van der Waals surface area contributed by atoms with Gasteiger partial charge in [0.25, 0.3) is 0 Å². The van der Waals surface area contributed by atoms with Gasteiger partial charge in [0.2, 0.25) is 0 Å². The van der Waals surface area contributed by atoms with E-state index in [-0.39, 0.29) is 12.1 Å². The van der Waals surface area contributed by atoms with Crippen LogP contribution in [0.1, 0.15) is 34.6 Å². The molecule has 5 heteroatoms. The summed E-state index contributed by atoms with van der Waals surface area (Å²) in [4.78, 5) is 6.89. The van der Waals surface area contributed by atoms with Gasteiger partial charge in [-0.05, 0) is 85.7 Å². The standard InChI is InChI=1S/C26H24N4S/c1-18-13-14-21(17-19(18)2)30-25(24(28-26(30)31)22-11-6-7-15-27-22)23-12-8-16-29(23)20-9-4-3-5-10-20/h3-17,24-25H,1-2H3,(H,28,31). The number of nitrogens with zero attached hydrogens (tertiary/aromatic N) is 3. The third-order valence-electron chi connectivity index (χ3n) is 5.98. The maximum absolute atomic E-state index is 5.86. The molecule has 2 atom stereocenters. The highest BCUT2D eigenvalue weighted by Gasteiger charge is 2.42. The van der Waals surface area contributed by atoms with E-state index in [1.165, 1.54) is 11.1 Å². The van der Waals surface area contributed by atoms with Crippen molar-refractivity contribution >= 4 is 23.0 Å². The van der Waals surface area contributed by atoms with Crippen molar-refractivity contribution in [2.45, 2.75) is 25.9 Å². The van der Waals surface area contributed by atoms with Crippen LogP contribution < -0.4 is 10.2 Å². The third kappa shape index (κ3) is 3.51. The Kier molecular flexibility index (Phi) is 5.04. The van der Waals surface area contributed by atoms with Crippen molar-refractivity contribution in [1.29, 1.82) is 0 Å². The lowest BCUT2D eigenvalue weighted by Crippen LogP contribution is -2.30. The molecule has 1 aliphatic heterocycles. The van der Waals surface area contributed by atoms with E-state index >= 15 is 0 Å². The van der Waals surface area contributed by atoms with Crippen molar-refractivity contribution < 1.29 is 0 Å². The first-order chi connectivity index (χ1) is 15.1. The second-order valence-corrected chi connectivity index (χ2v) is 8.29. The van der Waals surface area contributed by atoms with Gasteiger partial charge in [0.1, 0.15) is 6.04 Å². The minimum atomic E-state index is -0.0623. The number of rotatable bonds is 4. The van der Waals surface area contributed by atoms with E-state index in [1.807, 2.05) is 24.4 Å². The van der Waals surface area contributed by atoms with Gasteiger partial charge in [0.15, 0.2) is 5.11 Å². The zero-order valence-electron chi connectivity index (χ0n) is 17.6. The van der Waals surface area contributed by atoms with Crippen LogP contribution in [0.3, 0.4) is 0 Å². The van der Waals surface area contributed by atoms with Crippen LogP contribution in [0.5, 0.6) is 0 Å². The molecule has 0 bridgehead atoms. The summed E-state index contributed by atoms with van der Waals surface area (Å²) in [5, 5.41) is 4.26. The minimum Gasteiger partial charge on any atom is -0.351 e. The molecule has 4 aromatic rings. The van der Waals surface area contributed by atoms with Gasteiger partial charge in [-0.25, -0.2) is 0 Å². The normalized spacial score (nSPS) is 18.3. The van der Waals surface area contributed by atoms with Crippen LogP contribution in [0.4, 0.5) is 5.69 Å². The molecular formula is C26H24N4S. The summed E-state index contributed by atoms with van der Waals surface area (Å²) in [6.07, 6.45) is 3.95. The maximum Gasteiger partial charge on any atom is 0.174 e. The van der Waals surface area contributed by atoms with Crippen molar-refractivity contribution in [2.75, 3.05) is 4.90 Å². The van der Waals surface area contributed by atoms with E-state index in [0.717, 1.165) is 22.8 Å². The molecule has 0 spiro atoms. The van der Waals surface area contributed by atoms with E-state index in [2.05, 4.69) is 100 Å². The molecule has 1 saturated heterocycles. The van der Waals surface area contributed by atoms with E-state index < -0.39 is 0 Å². The lowest BCUT2D eigenvalue weighted by atomic mass is 10.00. The fourth-order valence-corrected chi connectivity index (χ4v) is 4.61. The number of aryl methyl sites for hydroxylation is 2. The Morgan fingerprint density at radius 3 is 2.39 bits per heavy atom. The van der Waals surface area contributed by atoms with Crippen molar-refractivity contribution in [2.24, 2.45) is 0 Å². The second-order valence-electron chi connectivity index (χ2n) is 7.90. The van der Waals surface area contributed by atoms with Crippen LogP contribution in [-0.2, 0) is 0 Å². The number of hydrogen-bond acceptors (Lipinski definition) is 2. The molecule has 0 saturated carbocycles. The molecule has 3 heterocycles. The summed E-state index contributed by atoms with van der Waals surface area (Å²) < 4.78 is 2.24. The molecule has 5 rings (SSSR count). The summed E-state index contributed by atoms with van der Waals surface area (Å²) in [6.45, 7) is 4.28. The molecule has 1 N–H and O–H groups in total. The summed E-state index contributed by atoms with van der Waals surface area (Å²) in [5.74, 6) is 0. The van der Waals surface area contributed by atoms with E-state index in [9.17, 15) is 0 Å². The fraction of sp³-hybridized carbons (Fsp3) is 0.154. The predicted molar refractivity (Wildman–Crippen MR) is 130 cm³/mol. The SMILES string of the molecule is Cc1ccc(N2C(=S)NC(c3ccccn3)C2c2cccn2-c2ccccc2)cc1C. The zero-order chi connectivity index (χ0) is 21.4. The lowest BCUT2D eigenvalue weighted by Gasteiger charge is -2.29. The van der Waals surface area contributed by atoms with Gasteiger partial charge >= 0.3 is 0 Å². The number of benzene rings is 2. The molecule has 0 amide bonds. The number of thiocarbonyl (C=S) groups is 1. The quantitative estimate of drug-likeness (QED) is 0.428. The van der Waals surface area contributed by atoms with Crippen LogP contribution in [0, 0.1) is 13.8 Å². The monoisotopic (exact) mass is 424 g/mol. The van der Waals surface area contributed by atoms with E-state index in [1.54, 1.807) is 0 Å². The Balaban J connectivity index is 1.68. The van der Waals surface area contributed by atoms with Crippen molar-refractivity contribution in [3.8, 4) is 5.69 Å². The average Bonchev–Trinajstić information content (AvgIpc) is 3.41. The summed E-state index contributed by atoms with van der Waals surface area (Å²) >= 11 is 5.86. The largest absolute Gasteiger partial charge is 0.351 e. The molecule has 154 valence electrons. The van der Waals surface area contributed by atoms with Gasteiger partial charge in [-0.2, -0.15) is 0 Å². The van der Waals surface area contributed by atoms with Crippen LogP contribution in [0.25, 0.3) is 5.69 Å². The molecule has 1 fully saturated rings. The number of hydrogen-bond donors (Lipinski definition) is 1. The molecule has 4 nitrogen and oxygen atoms in total. The smallest absolute Gasteiger partial charge is 0.174 e. The van der Waals surface area contributed by atoms with Crippen LogP contribution >= 0.6 is 12.2 Å². The van der Waals surface area contributed by atoms with Crippen LogP contribution in [0.15, 0.2) is 91.3 Å². The molecule has 2 aromatic carbocycles. The van der Waals surface area contributed by atoms with Gasteiger partial charge < -0.3 is 14.8 Å². The first-order valence-electron chi connectivity index (χ1n) is 10.4. The second kappa shape index (κ2) is 8.00. The molecule has 0 radical (unpaired) electrons. The predicted octanol–water partition coefficient (Wildman–Crippen LogP) is 5.67. The summed E-state index contributed by atoms with van der Waals surface area (Å²) in [5.41, 5.74) is 6.87. The Labute approximate surface area is 188 Å². The maximum atomic E-state index is 5.86. The molecule has 31 heavy (non-hydrogen) atoms. The first kappa shape index (κ1) is 19.5.